The topological polar surface area (TPSA) is 85.9 Å². The van der Waals surface area contributed by atoms with Crippen molar-refractivity contribution in [2.45, 2.75) is 11.2 Å². The molecule has 3 aromatic rings. The Morgan fingerprint density at radius 2 is 1.58 bits per heavy atom. The van der Waals surface area contributed by atoms with Crippen LogP contribution in [-0.4, -0.2) is 18.4 Å². The number of hydrogen-bond acceptors (Lipinski definition) is 4. The Kier molecular flexibility index (Phi) is 5.15. The fraction of sp³-hybridized carbons (Fsp3) is 0.0667. The number of nitrogens with two attached hydrogens (primary N) is 1. The Balaban J connectivity index is 0.000000185. The Bertz CT molecular complexity index is 929. The van der Waals surface area contributed by atoms with Crippen LogP contribution in [0.15, 0.2) is 65.8 Å². The molecule has 3 rings (SSSR count). The minimum Gasteiger partial charge on any atom is -0.243 e. The smallest absolute Gasteiger partial charge is 0.243 e. The maximum atomic E-state index is 12.3. The van der Waals surface area contributed by atoms with Crippen LogP contribution in [0.1, 0.15) is 5.69 Å². The summed E-state index contributed by atoms with van der Waals surface area (Å²) in [5.41, 5.74) is -0.487. The lowest BCUT2D eigenvalue weighted by Gasteiger charge is -2.05. The number of para-hydroxylation sites is 1. The van der Waals surface area contributed by atoms with E-state index in [1.807, 2.05) is 0 Å². The van der Waals surface area contributed by atoms with Crippen molar-refractivity contribution in [2.24, 2.45) is 5.14 Å². The number of primary sulfonamides is 1. The first-order chi connectivity index (χ1) is 11.2. The second-order valence-electron chi connectivity index (χ2n) is 4.60. The van der Waals surface area contributed by atoms with Crippen LogP contribution in [-0.2, 0) is 16.2 Å². The minimum absolute atomic E-state index is 0.102. The standard InChI is InChI=1S/C10H6F3N.C5H6N2O2S/c11-10(12,13)9-6-5-7-3-1-2-4-8(7)14-9;6-10(8,9)5-3-1-2-4-7-5/h1-6H;1-4H,(H2,6,8,9). The third kappa shape index (κ3) is 4.74. The van der Waals surface area contributed by atoms with Gasteiger partial charge in [0, 0.05) is 11.6 Å². The summed E-state index contributed by atoms with van der Waals surface area (Å²) in [6.07, 6.45) is -3.00. The molecular weight excluding hydrogens is 343 g/mol. The van der Waals surface area contributed by atoms with E-state index in [0.717, 1.165) is 6.07 Å². The number of nitrogens with zero attached hydrogens (tertiary/aromatic N) is 2. The monoisotopic (exact) mass is 355 g/mol. The SMILES string of the molecule is FC(F)(F)c1ccc2ccccc2n1.NS(=O)(=O)c1ccccn1. The number of fused-ring (bicyclic) bond motifs is 1. The van der Waals surface area contributed by atoms with E-state index >= 15 is 0 Å². The number of alkyl halides is 3. The van der Waals surface area contributed by atoms with Gasteiger partial charge in [0.2, 0.25) is 0 Å². The average Bonchev–Trinajstić information content (AvgIpc) is 2.54. The average molecular weight is 355 g/mol. The van der Waals surface area contributed by atoms with Crippen molar-refractivity contribution in [1.29, 1.82) is 0 Å². The number of benzene rings is 1. The van der Waals surface area contributed by atoms with E-state index in [4.69, 9.17) is 5.14 Å². The van der Waals surface area contributed by atoms with Gasteiger partial charge in [-0.1, -0.05) is 30.3 Å². The fourth-order valence-electron chi connectivity index (χ4n) is 1.74. The molecule has 0 bridgehead atoms. The molecule has 2 aromatic heterocycles. The molecule has 0 spiro atoms. The van der Waals surface area contributed by atoms with Crippen LogP contribution in [0.5, 0.6) is 0 Å². The highest BCUT2D eigenvalue weighted by molar-refractivity contribution is 7.89. The van der Waals surface area contributed by atoms with E-state index in [-0.39, 0.29) is 5.03 Å². The molecule has 0 atom stereocenters. The lowest BCUT2D eigenvalue weighted by molar-refractivity contribution is -0.140. The molecule has 5 nitrogen and oxygen atoms in total. The highest BCUT2D eigenvalue weighted by atomic mass is 32.2. The molecule has 126 valence electrons. The van der Waals surface area contributed by atoms with Crippen molar-refractivity contribution >= 4 is 20.9 Å². The predicted octanol–water partition coefficient (Wildman–Crippen LogP) is 2.98. The lowest BCUT2D eigenvalue weighted by atomic mass is 10.2. The summed E-state index contributed by atoms with van der Waals surface area (Å²) >= 11 is 0. The molecule has 0 saturated carbocycles. The zero-order chi connectivity index (χ0) is 17.8. The van der Waals surface area contributed by atoms with Gasteiger partial charge in [0.05, 0.1) is 5.52 Å². The van der Waals surface area contributed by atoms with E-state index in [9.17, 15) is 21.6 Å². The molecule has 0 aliphatic rings. The first kappa shape index (κ1) is 17.8. The van der Waals surface area contributed by atoms with Crippen molar-refractivity contribution in [3.05, 3.63) is 66.5 Å². The summed E-state index contributed by atoms with van der Waals surface area (Å²) < 4.78 is 57.9. The molecule has 0 fully saturated rings. The van der Waals surface area contributed by atoms with Crippen molar-refractivity contribution in [1.82, 2.24) is 9.97 Å². The van der Waals surface area contributed by atoms with Gasteiger partial charge in [-0.15, -0.1) is 0 Å². The summed E-state index contributed by atoms with van der Waals surface area (Å²) in [6.45, 7) is 0. The molecule has 0 radical (unpaired) electrons. The first-order valence-electron chi connectivity index (χ1n) is 6.55. The number of sulfonamides is 1. The molecule has 9 heteroatoms. The first-order valence-corrected chi connectivity index (χ1v) is 8.09. The zero-order valence-corrected chi connectivity index (χ0v) is 12.9. The Hall–Kier alpha value is -2.52. The van der Waals surface area contributed by atoms with Crippen molar-refractivity contribution in [3.8, 4) is 0 Å². The van der Waals surface area contributed by atoms with Gasteiger partial charge >= 0.3 is 6.18 Å². The maximum Gasteiger partial charge on any atom is 0.433 e. The lowest BCUT2D eigenvalue weighted by Crippen LogP contribution is -2.13. The Morgan fingerprint density at radius 1 is 0.917 bits per heavy atom. The number of pyridine rings is 2. The van der Waals surface area contributed by atoms with E-state index in [1.165, 1.54) is 18.3 Å². The van der Waals surface area contributed by atoms with Gasteiger partial charge in [-0.3, -0.25) is 0 Å². The van der Waals surface area contributed by atoms with Crippen molar-refractivity contribution < 1.29 is 21.6 Å². The van der Waals surface area contributed by atoms with Gasteiger partial charge in [0.25, 0.3) is 10.0 Å². The molecule has 0 unspecified atom stereocenters. The van der Waals surface area contributed by atoms with Gasteiger partial charge in [-0.25, -0.2) is 23.5 Å². The van der Waals surface area contributed by atoms with E-state index in [2.05, 4.69) is 9.97 Å². The molecule has 24 heavy (non-hydrogen) atoms. The van der Waals surface area contributed by atoms with Gasteiger partial charge in [-0.2, -0.15) is 13.2 Å². The molecule has 0 amide bonds. The van der Waals surface area contributed by atoms with E-state index in [1.54, 1.807) is 36.4 Å². The van der Waals surface area contributed by atoms with Crippen molar-refractivity contribution in [3.63, 3.8) is 0 Å². The van der Waals surface area contributed by atoms with Crippen LogP contribution in [0.25, 0.3) is 10.9 Å². The van der Waals surface area contributed by atoms with Crippen molar-refractivity contribution in [2.75, 3.05) is 0 Å². The van der Waals surface area contributed by atoms with Gasteiger partial charge in [-0.05, 0) is 24.3 Å². The van der Waals surface area contributed by atoms with Crippen LogP contribution in [0.3, 0.4) is 0 Å². The highest BCUT2D eigenvalue weighted by Gasteiger charge is 2.32. The number of hydrogen-bond donors (Lipinski definition) is 1. The van der Waals surface area contributed by atoms with Crippen LogP contribution in [0.2, 0.25) is 0 Å². The third-order valence-corrected chi connectivity index (χ3v) is 3.64. The number of halogens is 3. The maximum absolute atomic E-state index is 12.3. The molecular formula is C15H12F3N3O2S. The summed E-state index contributed by atoms with van der Waals surface area (Å²) in [5, 5.41) is 5.37. The number of rotatable bonds is 1. The number of aromatic nitrogens is 2. The Morgan fingerprint density at radius 3 is 2.12 bits per heavy atom. The van der Waals surface area contributed by atoms with Crippen LogP contribution >= 0.6 is 0 Å². The predicted molar refractivity (Wildman–Crippen MR) is 82.4 cm³/mol. The summed E-state index contributed by atoms with van der Waals surface area (Å²) in [7, 11) is -3.61. The van der Waals surface area contributed by atoms with E-state index in [0.29, 0.717) is 10.9 Å². The minimum atomic E-state index is -4.37. The molecule has 2 N–H and O–H groups in total. The largest absolute Gasteiger partial charge is 0.433 e. The van der Waals surface area contributed by atoms with Gasteiger partial charge in [0.15, 0.2) is 5.03 Å². The highest BCUT2D eigenvalue weighted by Crippen LogP contribution is 2.28. The quantitative estimate of drug-likeness (QED) is 0.727. The summed E-state index contributed by atoms with van der Waals surface area (Å²) in [5.74, 6) is 0. The van der Waals surface area contributed by atoms with Crippen LogP contribution in [0.4, 0.5) is 13.2 Å². The van der Waals surface area contributed by atoms with Gasteiger partial charge < -0.3 is 0 Å². The molecule has 1 aromatic carbocycles. The molecule has 2 heterocycles. The second kappa shape index (κ2) is 6.93. The summed E-state index contributed by atoms with van der Waals surface area (Å²) in [4.78, 5) is 7.06. The van der Waals surface area contributed by atoms with Gasteiger partial charge in [0.1, 0.15) is 5.69 Å². The zero-order valence-electron chi connectivity index (χ0n) is 12.1. The van der Waals surface area contributed by atoms with Crippen LogP contribution < -0.4 is 5.14 Å². The summed E-state index contributed by atoms with van der Waals surface area (Å²) in [6, 6.07) is 13.6. The van der Waals surface area contributed by atoms with E-state index < -0.39 is 21.9 Å². The second-order valence-corrected chi connectivity index (χ2v) is 6.11. The fourth-order valence-corrected chi connectivity index (χ4v) is 2.22. The molecule has 0 saturated heterocycles. The molecule has 0 aliphatic carbocycles. The third-order valence-electron chi connectivity index (χ3n) is 2.82. The molecule has 0 aliphatic heterocycles. The Labute approximate surface area is 136 Å². The van der Waals surface area contributed by atoms with Crippen LogP contribution in [0, 0.1) is 0 Å². The normalized spacial score (nSPS) is 11.7.